The highest BCUT2D eigenvalue weighted by molar-refractivity contribution is 7.89. The Kier molecular flexibility index (Phi) is 4.04. The summed E-state index contributed by atoms with van der Waals surface area (Å²) in [5, 5.41) is 2.91. The maximum Gasteiger partial charge on any atom is 0.246 e. The number of sulfonamides is 1. The second-order valence-corrected chi connectivity index (χ2v) is 7.60. The molecule has 1 N–H and O–H groups in total. The molecule has 7 heteroatoms. The van der Waals surface area contributed by atoms with Crippen LogP contribution in [0.5, 0.6) is 0 Å². The lowest BCUT2D eigenvalue weighted by Gasteiger charge is -2.44. The van der Waals surface area contributed by atoms with Crippen molar-refractivity contribution in [2.45, 2.75) is 24.3 Å². The van der Waals surface area contributed by atoms with Gasteiger partial charge in [0.2, 0.25) is 10.0 Å². The number of hydrogen-bond donors (Lipinski definition) is 1. The van der Waals surface area contributed by atoms with E-state index in [1.165, 1.54) is 6.20 Å². The average molecular weight is 298 g/mol. The van der Waals surface area contributed by atoms with Gasteiger partial charge in [-0.1, -0.05) is 0 Å². The van der Waals surface area contributed by atoms with E-state index in [1.54, 1.807) is 23.6 Å². The summed E-state index contributed by atoms with van der Waals surface area (Å²) in [5.41, 5.74) is 0.407. The van der Waals surface area contributed by atoms with Gasteiger partial charge in [0.1, 0.15) is 4.90 Å². The lowest BCUT2D eigenvalue weighted by atomic mass is 10.0. The van der Waals surface area contributed by atoms with Gasteiger partial charge in [-0.2, -0.15) is 4.31 Å². The highest BCUT2D eigenvalue weighted by Crippen LogP contribution is 2.27. The molecular formula is C13H22N4O2S. The summed E-state index contributed by atoms with van der Waals surface area (Å²) in [7, 11) is 0.214. The number of pyridine rings is 1. The maximum absolute atomic E-state index is 12.8. The smallest absolute Gasteiger partial charge is 0.246 e. The van der Waals surface area contributed by atoms with Gasteiger partial charge in [-0.3, -0.25) is 9.88 Å². The van der Waals surface area contributed by atoms with Crippen LogP contribution in [0.1, 0.15) is 13.8 Å². The minimum Gasteiger partial charge on any atom is -0.387 e. The average Bonchev–Trinajstić information content (AvgIpc) is 2.41. The molecule has 112 valence electrons. The third-order valence-corrected chi connectivity index (χ3v) is 5.83. The first-order chi connectivity index (χ1) is 9.29. The summed E-state index contributed by atoms with van der Waals surface area (Å²) >= 11 is 0. The molecule has 1 aromatic heterocycles. The fourth-order valence-corrected chi connectivity index (χ4v) is 4.06. The van der Waals surface area contributed by atoms with E-state index in [0.29, 0.717) is 18.8 Å². The Balaban J connectivity index is 2.36. The van der Waals surface area contributed by atoms with Gasteiger partial charge in [-0.15, -0.1) is 0 Å². The predicted molar refractivity (Wildman–Crippen MR) is 79.3 cm³/mol. The van der Waals surface area contributed by atoms with E-state index >= 15 is 0 Å². The van der Waals surface area contributed by atoms with Crippen LogP contribution < -0.4 is 5.32 Å². The Labute approximate surface area is 120 Å². The van der Waals surface area contributed by atoms with Crippen LogP contribution in [-0.2, 0) is 10.0 Å². The largest absolute Gasteiger partial charge is 0.387 e. The Morgan fingerprint density at radius 3 is 2.65 bits per heavy atom. The monoisotopic (exact) mass is 298 g/mol. The van der Waals surface area contributed by atoms with Gasteiger partial charge in [0, 0.05) is 44.6 Å². The number of piperazine rings is 1. The molecule has 1 saturated heterocycles. The normalized spacial score (nSPS) is 20.8. The molecule has 20 heavy (non-hydrogen) atoms. The van der Waals surface area contributed by atoms with Gasteiger partial charge in [-0.25, -0.2) is 8.42 Å². The lowest BCUT2D eigenvalue weighted by molar-refractivity contribution is 0.0801. The number of likely N-dealkylation sites (N-methyl/N-ethyl adjacent to an activating group) is 1. The number of nitrogens with zero attached hydrogens (tertiary/aromatic N) is 3. The van der Waals surface area contributed by atoms with Crippen molar-refractivity contribution in [2.24, 2.45) is 0 Å². The Hall–Kier alpha value is -1.18. The van der Waals surface area contributed by atoms with Crippen molar-refractivity contribution < 1.29 is 8.42 Å². The molecule has 0 aliphatic carbocycles. The van der Waals surface area contributed by atoms with E-state index < -0.39 is 10.0 Å². The summed E-state index contributed by atoms with van der Waals surface area (Å²) in [6, 6.07) is 1.67. The quantitative estimate of drug-likeness (QED) is 0.896. The summed E-state index contributed by atoms with van der Waals surface area (Å²) in [4.78, 5) is 6.37. The molecule has 1 aliphatic heterocycles. The molecule has 0 amide bonds. The Morgan fingerprint density at radius 2 is 2.05 bits per heavy atom. The minimum absolute atomic E-state index is 0.173. The number of rotatable bonds is 3. The molecule has 1 fully saturated rings. The molecule has 6 nitrogen and oxygen atoms in total. The predicted octanol–water partition coefficient (Wildman–Crippen LogP) is 0.838. The molecule has 0 aromatic carbocycles. The Morgan fingerprint density at radius 1 is 1.35 bits per heavy atom. The van der Waals surface area contributed by atoms with E-state index in [0.717, 1.165) is 6.54 Å². The molecule has 0 atom stereocenters. The molecule has 0 bridgehead atoms. The SMILES string of the molecule is CNc1ccncc1S(=O)(=O)N1CCN(C)C(C)(C)C1. The second kappa shape index (κ2) is 5.31. The van der Waals surface area contributed by atoms with Crippen LogP contribution >= 0.6 is 0 Å². The molecular weight excluding hydrogens is 276 g/mol. The minimum atomic E-state index is -3.52. The van der Waals surface area contributed by atoms with E-state index in [-0.39, 0.29) is 10.4 Å². The third kappa shape index (κ3) is 2.65. The van der Waals surface area contributed by atoms with Crippen LogP contribution in [0.15, 0.2) is 23.4 Å². The second-order valence-electron chi connectivity index (χ2n) is 5.69. The van der Waals surface area contributed by atoms with Gasteiger partial charge < -0.3 is 5.32 Å². The highest BCUT2D eigenvalue weighted by atomic mass is 32.2. The van der Waals surface area contributed by atoms with E-state index in [2.05, 4.69) is 29.0 Å². The summed E-state index contributed by atoms with van der Waals surface area (Å²) in [5.74, 6) is 0. The van der Waals surface area contributed by atoms with Gasteiger partial charge in [0.25, 0.3) is 0 Å². The van der Waals surface area contributed by atoms with Crippen molar-refractivity contribution in [3.63, 3.8) is 0 Å². The van der Waals surface area contributed by atoms with Crippen molar-refractivity contribution >= 4 is 15.7 Å². The van der Waals surface area contributed by atoms with Crippen molar-refractivity contribution in [3.8, 4) is 0 Å². The van der Waals surface area contributed by atoms with Crippen molar-refractivity contribution in [1.82, 2.24) is 14.2 Å². The van der Waals surface area contributed by atoms with Crippen LogP contribution in [0.4, 0.5) is 5.69 Å². The molecule has 1 aromatic rings. The van der Waals surface area contributed by atoms with Gasteiger partial charge >= 0.3 is 0 Å². The van der Waals surface area contributed by atoms with Crippen LogP contribution in [0.2, 0.25) is 0 Å². The summed E-state index contributed by atoms with van der Waals surface area (Å²) < 4.78 is 27.1. The van der Waals surface area contributed by atoms with E-state index in [9.17, 15) is 8.42 Å². The van der Waals surface area contributed by atoms with Gasteiger partial charge in [0.15, 0.2) is 0 Å². The van der Waals surface area contributed by atoms with E-state index in [1.807, 2.05) is 7.05 Å². The first-order valence-corrected chi connectivity index (χ1v) is 8.06. The zero-order chi connectivity index (χ0) is 15.0. The lowest BCUT2D eigenvalue weighted by Crippen LogP contribution is -2.58. The molecule has 0 radical (unpaired) electrons. The molecule has 0 spiro atoms. The van der Waals surface area contributed by atoms with E-state index in [4.69, 9.17) is 0 Å². The number of aromatic nitrogens is 1. The zero-order valence-electron chi connectivity index (χ0n) is 12.4. The van der Waals surface area contributed by atoms with Crippen LogP contribution in [0, 0.1) is 0 Å². The molecule has 1 aliphatic rings. The van der Waals surface area contributed by atoms with Gasteiger partial charge in [-0.05, 0) is 27.0 Å². The number of nitrogens with one attached hydrogen (secondary N) is 1. The fraction of sp³-hybridized carbons (Fsp3) is 0.615. The summed E-state index contributed by atoms with van der Waals surface area (Å²) in [6.45, 7) is 5.80. The molecule has 0 unspecified atom stereocenters. The standard InChI is InChI=1S/C13H22N4O2S/c1-13(2)10-17(8-7-16(13)4)20(18,19)12-9-15-6-5-11(12)14-3/h5-6,9H,7-8,10H2,1-4H3,(H,14,15). The Bertz CT molecular complexity index is 586. The van der Waals surface area contributed by atoms with Crippen molar-refractivity contribution in [2.75, 3.05) is 39.0 Å². The zero-order valence-corrected chi connectivity index (χ0v) is 13.2. The maximum atomic E-state index is 12.8. The third-order valence-electron chi connectivity index (χ3n) is 3.95. The number of hydrogen-bond acceptors (Lipinski definition) is 5. The van der Waals surface area contributed by atoms with Gasteiger partial charge in [0.05, 0.1) is 5.69 Å². The molecule has 2 rings (SSSR count). The van der Waals surface area contributed by atoms with Crippen molar-refractivity contribution in [3.05, 3.63) is 18.5 Å². The fourth-order valence-electron chi connectivity index (χ4n) is 2.33. The highest BCUT2D eigenvalue weighted by Gasteiger charge is 2.38. The first kappa shape index (κ1) is 15.2. The molecule has 0 saturated carbocycles. The summed E-state index contributed by atoms with van der Waals surface area (Å²) in [6.07, 6.45) is 2.99. The topological polar surface area (TPSA) is 65.5 Å². The van der Waals surface area contributed by atoms with Crippen LogP contribution in [0.25, 0.3) is 0 Å². The molecule has 2 heterocycles. The first-order valence-electron chi connectivity index (χ1n) is 6.62. The number of anilines is 1. The van der Waals surface area contributed by atoms with Crippen LogP contribution in [0.3, 0.4) is 0 Å². The van der Waals surface area contributed by atoms with Crippen LogP contribution in [-0.4, -0.2) is 61.9 Å². The van der Waals surface area contributed by atoms with Crippen molar-refractivity contribution in [1.29, 1.82) is 0 Å².